The van der Waals surface area contributed by atoms with E-state index in [1.165, 1.54) is 10.4 Å². The highest BCUT2D eigenvalue weighted by molar-refractivity contribution is 7.10. The molecule has 1 saturated carbocycles. The van der Waals surface area contributed by atoms with Crippen LogP contribution in [0.1, 0.15) is 47.7 Å². The number of fused-ring (bicyclic) bond motifs is 1. The summed E-state index contributed by atoms with van der Waals surface area (Å²) in [6.45, 7) is 1.72. The van der Waals surface area contributed by atoms with E-state index >= 15 is 0 Å². The minimum Gasteiger partial charge on any atom is -0.383 e. The number of rotatable bonds is 7. The van der Waals surface area contributed by atoms with Crippen LogP contribution in [0.3, 0.4) is 0 Å². The Morgan fingerprint density at radius 2 is 1.93 bits per heavy atom. The fourth-order valence-electron chi connectivity index (χ4n) is 4.73. The lowest BCUT2D eigenvalue weighted by atomic mass is 9.93. The molecule has 1 aromatic heterocycles. The maximum atomic E-state index is 13.5. The van der Waals surface area contributed by atoms with Crippen molar-refractivity contribution in [2.24, 2.45) is 5.92 Å². The van der Waals surface area contributed by atoms with Crippen LogP contribution in [0.5, 0.6) is 0 Å². The normalized spacial score (nSPS) is 19.0. The van der Waals surface area contributed by atoms with Crippen molar-refractivity contribution in [1.82, 2.24) is 9.80 Å². The highest BCUT2D eigenvalue weighted by Gasteiger charge is 2.35. The molecule has 4 rings (SSSR count). The maximum Gasteiger partial charge on any atom is 0.242 e. The number of hydrogen-bond donors (Lipinski definition) is 0. The predicted octanol–water partition coefficient (Wildman–Crippen LogP) is 3.89. The van der Waals surface area contributed by atoms with Crippen molar-refractivity contribution < 1.29 is 14.3 Å². The van der Waals surface area contributed by atoms with Gasteiger partial charge in [-0.2, -0.15) is 0 Å². The van der Waals surface area contributed by atoms with Crippen LogP contribution in [0.25, 0.3) is 0 Å². The zero-order valence-electron chi connectivity index (χ0n) is 17.6. The molecule has 1 aliphatic heterocycles. The number of amides is 2. The molecule has 2 aliphatic rings. The number of carbonyl (C=O) groups excluding carboxylic acids is 2. The lowest BCUT2D eigenvalue weighted by Gasteiger charge is -2.38. The van der Waals surface area contributed by atoms with E-state index in [9.17, 15) is 9.59 Å². The smallest absolute Gasteiger partial charge is 0.242 e. The zero-order valence-corrected chi connectivity index (χ0v) is 18.4. The Balaban J connectivity index is 1.56. The molecular weight excluding hydrogens is 396 g/mol. The first-order valence-electron chi connectivity index (χ1n) is 10.9. The Morgan fingerprint density at radius 1 is 1.17 bits per heavy atom. The van der Waals surface area contributed by atoms with Gasteiger partial charge in [-0.1, -0.05) is 43.2 Å². The first-order valence-corrected chi connectivity index (χ1v) is 11.8. The lowest BCUT2D eigenvalue weighted by molar-refractivity contribution is -0.144. The number of hydrogen-bond acceptors (Lipinski definition) is 4. The van der Waals surface area contributed by atoms with Crippen molar-refractivity contribution in [3.05, 3.63) is 57.8 Å². The van der Waals surface area contributed by atoms with E-state index in [2.05, 4.69) is 23.6 Å². The molecular formula is C24H30N2O3S. The second-order valence-electron chi connectivity index (χ2n) is 8.18. The van der Waals surface area contributed by atoms with Gasteiger partial charge in [-0.25, -0.2) is 0 Å². The monoisotopic (exact) mass is 426 g/mol. The average molecular weight is 427 g/mol. The van der Waals surface area contributed by atoms with Crippen molar-refractivity contribution in [1.29, 1.82) is 0 Å². The summed E-state index contributed by atoms with van der Waals surface area (Å²) in [6, 6.07) is 12.3. The van der Waals surface area contributed by atoms with Crippen molar-refractivity contribution in [2.75, 3.05) is 33.4 Å². The van der Waals surface area contributed by atoms with Gasteiger partial charge in [0, 0.05) is 31.0 Å². The molecule has 1 aliphatic carbocycles. The van der Waals surface area contributed by atoms with Gasteiger partial charge in [0.2, 0.25) is 11.8 Å². The van der Waals surface area contributed by atoms with Gasteiger partial charge in [0.25, 0.3) is 0 Å². The van der Waals surface area contributed by atoms with Crippen LogP contribution in [0.15, 0.2) is 41.8 Å². The molecule has 2 amide bonds. The summed E-state index contributed by atoms with van der Waals surface area (Å²) in [5.41, 5.74) is 2.34. The minimum absolute atomic E-state index is 0.0168. The fraction of sp³-hybridized carbons (Fsp3) is 0.500. The second kappa shape index (κ2) is 9.75. The molecule has 5 nitrogen and oxygen atoms in total. The van der Waals surface area contributed by atoms with Gasteiger partial charge in [-0.3, -0.25) is 9.59 Å². The minimum atomic E-state index is -0.0837. The molecule has 1 aromatic carbocycles. The highest BCUT2D eigenvalue weighted by Crippen LogP contribution is 2.38. The van der Waals surface area contributed by atoms with Crippen LogP contribution in [0.2, 0.25) is 0 Å². The molecule has 160 valence electrons. The van der Waals surface area contributed by atoms with Crippen molar-refractivity contribution in [3.63, 3.8) is 0 Å². The quantitative estimate of drug-likeness (QED) is 0.675. The Kier molecular flexibility index (Phi) is 6.85. The van der Waals surface area contributed by atoms with E-state index in [0.717, 1.165) is 37.7 Å². The van der Waals surface area contributed by atoms with E-state index in [1.54, 1.807) is 23.3 Å². The number of thiophene rings is 1. The summed E-state index contributed by atoms with van der Waals surface area (Å²) < 4.78 is 5.22. The maximum absolute atomic E-state index is 13.5. The van der Waals surface area contributed by atoms with Gasteiger partial charge in [0.1, 0.15) is 0 Å². The number of nitrogens with zero attached hydrogens (tertiary/aromatic N) is 2. The van der Waals surface area contributed by atoms with Gasteiger partial charge < -0.3 is 14.5 Å². The third kappa shape index (κ3) is 4.44. The van der Waals surface area contributed by atoms with Gasteiger partial charge >= 0.3 is 0 Å². The molecule has 2 heterocycles. The number of benzene rings is 1. The van der Waals surface area contributed by atoms with Gasteiger partial charge in [-0.05, 0) is 41.8 Å². The van der Waals surface area contributed by atoms with E-state index in [4.69, 9.17) is 4.74 Å². The Bertz CT molecular complexity index is 860. The van der Waals surface area contributed by atoms with Gasteiger partial charge in [0.15, 0.2) is 0 Å². The number of methoxy groups -OCH3 is 1. The number of ether oxygens (including phenoxy) is 1. The van der Waals surface area contributed by atoms with E-state index < -0.39 is 0 Å². The van der Waals surface area contributed by atoms with Crippen molar-refractivity contribution >= 4 is 23.2 Å². The van der Waals surface area contributed by atoms with E-state index in [1.807, 2.05) is 23.1 Å². The van der Waals surface area contributed by atoms with Crippen LogP contribution in [-0.4, -0.2) is 55.0 Å². The average Bonchev–Trinajstić information content (AvgIpc) is 3.48. The van der Waals surface area contributed by atoms with Crippen LogP contribution in [0.4, 0.5) is 0 Å². The van der Waals surface area contributed by atoms with E-state index in [0.29, 0.717) is 19.7 Å². The first-order chi connectivity index (χ1) is 14.7. The third-order valence-electron chi connectivity index (χ3n) is 6.31. The van der Waals surface area contributed by atoms with Crippen LogP contribution >= 0.6 is 11.3 Å². The SMILES string of the molecule is COCCN(CC(=O)N1CCc2sccc2C1c1ccccc1)C(=O)C1CCCC1. The van der Waals surface area contributed by atoms with E-state index in [-0.39, 0.29) is 30.3 Å². The summed E-state index contributed by atoms with van der Waals surface area (Å²) in [4.78, 5) is 31.6. The lowest BCUT2D eigenvalue weighted by Crippen LogP contribution is -2.48. The zero-order chi connectivity index (χ0) is 20.9. The summed E-state index contributed by atoms with van der Waals surface area (Å²) in [5, 5.41) is 2.11. The molecule has 30 heavy (non-hydrogen) atoms. The molecule has 6 heteroatoms. The molecule has 0 radical (unpaired) electrons. The summed E-state index contributed by atoms with van der Waals surface area (Å²) >= 11 is 1.77. The van der Waals surface area contributed by atoms with Gasteiger partial charge in [-0.15, -0.1) is 11.3 Å². The molecule has 1 atom stereocenters. The predicted molar refractivity (Wildman–Crippen MR) is 118 cm³/mol. The second-order valence-corrected chi connectivity index (χ2v) is 9.18. The molecule has 0 saturated heterocycles. The summed E-state index contributed by atoms with van der Waals surface area (Å²) in [7, 11) is 1.63. The molecule has 0 spiro atoms. The third-order valence-corrected chi connectivity index (χ3v) is 7.31. The molecule has 0 bridgehead atoms. The molecule has 0 N–H and O–H groups in total. The molecule has 1 fully saturated rings. The number of carbonyl (C=O) groups is 2. The summed E-state index contributed by atoms with van der Waals surface area (Å²) in [6.07, 6.45) is 4.95. The molecule has 2 aromatic rings. The Hall–Kier alpha value is -2.18. The largest absolute Gasteiger partial charge is 0.383 e. The first kappa shape index (κ1) is 21.1. The van der Waals surface area contributed by atoms with Crippen LogP contribution in [-0.2, 0) is 20.7 Å². The topological polar surface area (TPSA) is 49.9 Å². The van der Waals surface area contributed by atoms with Gasteiger partial charge in [0.05, 0.1) is 19.2 Å². The standard InChI is InChI=1S/C24H30N2O3S/c1-29-15-14-25(24(28)19-9-5-6-10-19)17-22(27)26-13-11-21-20(12-16-30-21)23(26)18-7-3-2-4-8-18/h2-4,7-8,12,16,19,23H,5-6,9-11,13-15,17H2,1H3. The molecule has 1 unspecified atom stereocenters. The van der Waals surface area contributed by atoms with Crippen molar-refractivity contribution in [2.45, 2.75) is 38.1 Å². The van der Waals surface area contributed by atoms with Crippen molar-refractivity contribution in [3.8, 4) is 0 Å². The van der Waals surface area contributed by atoms with Crippen LogP contribution < -0.4 is 0 Å². The fourth-order valence-corrected chi connectivity index (χ4v) is 5.64. The van der Waals surface area contributed by atoms with Crippen LogP contribution in [0, 0.1) is 5.92 Å². The highest BCUT2D eigenvalue weighted by atomic mass is 32.1. The Morgan fingerprint density at radius 3 is 2.67 bits per heavy atom. The summed E-state index contributed by atoms with van der Waals surface area (Å²) in [5.74, 6) is 0.190. The Labute approximate surface area is 182 Å².